The Kier molecular flexibility index (Phi) is 5.12. The molecule has 2 rings (SSSR count). The molecule has 0 spiro atoms. The van der Waals surface area contributed by atoms with Crippen molar-refractivity contribution in [3.63, 3.8) is 0 Å². The number of aliphatic hydroxyl groups is 1. The van der Waals surface area contributed by atoms with Crippen LogP contribution in [0.3, 0.4) is 0 Å². The highest BCUT2D eigenvalue weighted by molar-refractivity contribution is 7.89. The van der Waals surface area contributed by atoms with Crippen molar-refractivity contribution in [2.75, 3.05) is 39.3 Å². The maximum Gasteiger partial charge on any atom is 0.273 e. The third-order valence-corrected chi connectivity index (χ3v) is 5.86. The van der Waals surface area contributed by atoms with Crippen LogP contribution in [-0.2, 0) is 10.0 Å². The molecule has 22 heavy (non-hydrogen) atoms. The molecule has 1 saturated heterocycles. The molecular formula is C13H19N3O5S. The minimum Gasteiger partial charge on any atom is -0.395 e. The van der Waals surface area contributed by atoms with E-state index in [9.17, 15) is 18.5 Å². The van der Waals surface area contributed by atoms with Crippen LogP contribution in [0.15, 0.2) is 23.1 Å². The molecule has 1 aromatic carbocycles. The maximum absolute atomic E-state index is 12.7. The zero-order valence-corrected chi connectivity index (χ0v) is 13.1. The van der Waals surface area contributed by atoms with Crippen molar-refractivity contribution in [1.29, 1.82) is 0 Å². The van der Waals surface area contributed by atoms with Crippen LogP contribution in [0.1, 0.15) is 5.56 Å². The first-order valence-electron chi connectivity index (χ1n) is 6.95. The van der Waals surface area contributed by atoms with Gasteiger partial charge < -0.3 is 5.11 Å². The van der Waals surface area contributed by atoms with Crippen LogP contribution in [0, 0.1) is 17.0 Å². The molecule has 0 bridgehead atoms. The summed E-state index contributed by atoms with van der Waals surface area (Å²) in [6.45, 7) is 3.70. The van der Waals surface area contributed by atoms with Crippen molar-refractivity contribution in [3.05, 3.63) is 33.9 Å². The summed E-state index contributed by atoms with van der Waals surface area (Å²) >= 11 is 0. The zero-order chi connectivity index (χ0) is 16.3. The molecule has 1 heterocycles. The van der Waals surface area contributed by atoms with E-state index in [0.29, 0.717) is 32.7 Å². The summed E-state index contributed by atoms with van der Waals surface area (Å²) in [5.74, 6) is 0. The molecular weight excluding hydrogens is 310 g/mol. The first-order chi connectivity index (χ1) is 10.4. The Morgan fingerprint density at radius 1 is 1.27 bits per heavy atom. The van der Waals surface area contributed by atoms with E-state index in [2.05, 4.69) is 0 Å². The number of benzene rings is 1. The van der Waals surface area contributed by atoms with Gasteiger partial charge in [0.1, 0.15) is 0 Å². The minimum atomic E-state index is -3.75. The van der Waals surface area contributed by atoms with E-state index < -0.39 is 14.9 Å². The average Bonchev–Trinajstić information content (AvgIpc) is 2.48. The number of piperazine rings is 1. The molecule has 1 aliphatic heterocycles. The number of hydrogen-bond donors (Lipinski definition) is 1. The Morgan fingerprint density at radius 3 is 2.45 bits per heavy atom. The van der Waals surface area contributed by atoms with Crippen molar-refractivity contribution in [3.8, 4) is 0 Å². The Bertz CT molecular complexity index is 654. The van der Waals surface area contributed by atoms with E-state index in [1.54, 1.807) is 0 Å². The second kappa shape index (κ2) is 6.69. The monoisotopic (exact) mass is 329 g/mol. The molecule has 122 valence electrons. The van der Waals surface area contributed by atoms with Gasteiger partial charge in [-0.05, 0) is 13.0 Å². The first kappa shape index (κ1) is 16.8. The Balaban J connectivity index is 2.25. The molecule has 1 N–H and O–H groups in total. The van der Waals surface area contributed by atoms with Gasteiger partial charge in [0, 0.05) is 44.4 Å². The third-order valence-electron chi connectivity index (χ3n) is 3.82. The fraction of sp³-hybridized carbons (Fsp3) is 0.538. The summed E-state index contributed by atoms with van der Waals surface area (Å²) in [5.41, 5.74) is -0.0368. The summed E-state index contributed by atoms with van der Waals surface area (Å²) in [7, 11) is -3.75. The molecule has 0 atom stereocenters. The highest BCUT2D eigenvalue weighted by Crippen LogP contribution is 2.27. The van der Waals surface area contributed by atoms with Crippen molar-refractivity contribution >= 4 is 15.7 Å². The van der Waals surface area contributed by atoms with Crippen molar-refractivity contribution < 1.29 is 18.4 Å². The molecule has 0 unspecified atom stereocenters. The molecule has 0 radical (unpaired) electrons. The first-order valence-corrected chi connectivity index (χ1v) is 8.39. The number of aliphatic hydroxyl groups excluding tert-OH is 1. The van der Waals surface area contributed by atoms with Crippen LogP contribution in [0.25, 0.3) is 0 Å². The molecule has 1 aliphatic rings. The molecule has 9 heteroatoms. The standard InChI is InChI=1S/C13H19N3O5S/c1-11-12(16(18)19)3-2-4-13(11)22(20,21)15-7-5-14(6-8-15)9-10-17/h2-4,17H,5-10H2,1H3. The quantitative estimate of drug-likeness (QED) is 0.611. The van der Waals surface area contributed by atoms with Gasteiger partial charge in [-0.1, -0.05) is 6.07 Å². The van der Waals surface area contributed by atoms with Crippen LogP contribution in [0.2, 0.25) is 0 Å². The SMILES string of the molecule is Cc1c([N+](=O)[O-])cccc1S(=O)(=O)N1CCN(CCO)CC1. The number of rotatable bonds is 5. The topological polar surface area (TPSA) is 104 Å². The van der Waals surface area contributed by atoms with Gasteiger partial charge in [-0.2, -0.15) is 4.31 Å². The number of nitro groups is 1. The fourth-order valence-electron chi connectivity index (χ4n) is 2.55. The number of hydrogen-bond acceptors (Lipinski definition) is 6. The Hall–Kier alpha value is -1.55. The van der Waals surface area contributed by atoms with E-state index in [-0.39, 0.29) is 22.8 Å². The molecule has 0 aliphatic carbocycles. The molecule has 0 aromatic heterocycles. The Morgan fingerprint density at radius 2 is 1.91 bits per heavy atom. The van der Waals surface area contributed by atoms with Gasteiger partial charge >= 0.3 is 0 Å². The van der Waals surface area contributed by atoms with E-state index in [4.69, 9.17) is 5.11 Å². The van der Waals surface area contributed by atoms with Crippen LogP contribution in [-0.4, -0.2) is 67.0 Å². The highest BCUT2D eigenvalue weighted by Gasteiger charge is 2.31. The lowest BCUT2D eigenvalue weighted by atomic mass is 10.2. The number of nitrogens with zero attached hydrogens (tertiary/aromatic N) is 3. The largest absolute Gasteiger partial charge is 0.395 e. The van der Waals surface area contributed by atoms with Crippen molar-refractivity contribution in [2.45, 2.75) is 11.8 Å². The van der Waals surface area contributed by atoms with Gasteiger partial charge in [0.25, 0.3) is 5.69 Å². The maximum atomic E-state index is 12.7. The third kappa shape index (κ3) is 3.27. The smallest absolute Gasteiger partial charge is 0.273 e. The lowest BCUT2D eigenvalue weighted by Gasteiger charge is -2.33. The van der Waals surface area contributed by atoms with Crippen LogP contribution in [0.5, 0.6) is 0 Å². The average molecular weight is 329 g/mol. The van der Waals surface area contributed by atoms with E-state index in [1.807, 2.05) is 4.90 Å². The lowest BCUT2D eigenvalue weighted by Crippen LogP contribution is -2.49. The summed E-state index contributed by atoms with van der Waals surface area (Å²) < 4.78 is 26.7. The van der Waals surface area contributed by atoms with Crippen LogP contribution in [0.4, 0.5) is 5.69 Å². The molecule has 0 amide bonds. The number of nitro benzene ring substituents is 1. The summed E-state index contributed by atoms with van der Waals surface area (Å²) in [6, 6.07) is 4.09. The fourth-order valence-corrected chi connectivity index (χ4v) is 4.22. The second-order valence-corrected chi connectivity index (χ2v) is 7.03. The number of sulfonamides is 1. The Labute approximate surface area is 129 Å². The predicted octanol–water partition coefficient (Wildman–Crippen LogP) is 0.202. The summed E-state index contributed by atoms with van der Waals surface area (Å²) in [5, 5.41) is 19.9. The highest BCUT2D eigenvalue weighted by atomic mass is 32.2. The second-order valence-electron chi connectivity index (χ2n) is 5.13. The summed E-state index contributed by atoms with van der Waals surface area (Å²) in [4.78, 5) is 12.3. The van der Waals surface area contributed by atoms with E-state index in [0.717, 1.165) is 0 Å². The van der Waals surface area contributed by atoms with Gasteiger partial charge in [0.2, 0.25) is 10.0 Å². The number of β-amino-alcohol motifs (C(OH)–C–C–N with tert-alkyl or cyclic N) is 1. The van der Waals surface area contributed by atoms with Crippen molar-refractivity contribution in [2.24, 2.45) is 0 Å². The van der Waals surface area contributed by atoms with Gasteiger partial charge in [0.15, 0.2) is 0 Å². The summed E-state index contributed by atoms with van der Waals surface area (Å²) in [6.07, 6.45) is 0. The van der Waals surface area contributed by atoms with Crippen LogP contribution < -0.4 is 0 Å². The predicted molar refractivity (Wildman–Crippen MR) is 80.1 cm³/mol. The van der Waals surface area contributed by atoms with Gasteiger partial charge in [-0.3, -0.25) is 15.0 Å². The minimum absolute atomic E-state index is 0.0164. The van der Waals surface area contributed by atoms with E-state index in [1.165, 1.54) is 29.4 Å². The van der Waals surface area contributed by atoms with E-state index >= 15 is 0 Å². The molecule has 1 fully saturated rings. The molecule has 8 nitrogen and oxygen atoms in total. The van der Waals surface area contributed by atoms with Crippen molar-refractivity contribution in [1.82, 2.24) is 9.21 Å². The lowest BCUT2D eigenvalue weighted by molar-refractivity contribution is -0.385. The molecule has 1 aromatic rings. The van der Waals surface area contributed by atoms with Gasteiger partial charge in [-0.15, -0.1) is 0 Å². The normalized spacial score (nSPS) is 17.5. The van der Waals surface area contributed by atoms with Gasteiger partial charge in [-0.25, -0.2) is 8.42 Å². The van der Waals surface area contributed by atoms with Crippen LogP contribution >= 0.6 is 0 Å². The van der Waals surface area contributed by atoms with Gasteiger partial charge in [0.05, 0.1) is 16.4 Å². The molecule has 0 saturated carbocycles. The zero-order valence-electron chi connectivity index (χ0n) is 12.3.